The largest absolute Gasteiger partial charge is 0.441 e. The van der Waals surface area contributed by atoms with Crippen molar-refractivity contribution in [2.45, 2.75) is 81.8 Å². The average molecular weight is 537 g/mol. The molecule has 1 saturated heterocycles. The summed E-state index contributed by atoms with van der Waals surface area (Å²) < 4.78 is 20.1. The van der Waals surface area contributed by atoms with Crippen LogP contribution >= 0.6 is 11.8 Å². The summed E-state index contributed by atoms with van der Waals surface area (Å²) in [4.78, 5) is 8.16. The molecule has 2 fully saturated rings. The number of rotatable bonds is 10. The van der Waals surface area contributed by atoms with Crippen LogP contribution in [0.2, 0.25) is 0 Å². The fourth-order valence-corrected chi connectivity index (χ4v) is 7.91. The maximum absolute atomic E-state index is 13.7. The predicted molar refractivity (Wildman–Crippen MR) is 151 cm³/mol. The maximum atomic E-state index is 13.7. The number of hydrogen-bond acceptors (Lipinski definition) is 5. The first-order chi connectivity index (χ1) is 18.5. The van der Waals surface area contributed by atoms with Gasteiger partial charge in [0, 0.05) is 23.1 Å². The quantitative estimate of drug-likeness (QED) is 0.268. The normalized spacial score (nSPS) is 22.8. The van der Waals surface area contributed by atoms with E-state index in [0.29, 0.717) is 12.4 Å². The maximum Gasteiger partial charge on any atom is 0.231 e. The first-order valence-corrected chi connectivity index (χ1v) is 15.3. The predicted octanol–water partition coefficient (Wildman–Crippen LogP) is 7.80. The molecule has 2 heterocycles. The Morgan fingerprint density at radius 1 is 1.11 bits per heavy atom. The van der Waals surface area contributed by atoms with Gasteiger partial charge in [0.2, 0.25) is 5.89 Å². The van der Waals surface area contributed by atoms with Crippen LogP contribution in [0.5, 0.6) is 0 Å². The van der Waals surface area contributed by atoms with Crippen molar-refractivity contribution in [2.24, 2.45) is 11.3 Å². The zero-order chi connectivity index (χ0) is 26.4. The Balaban J connectivity index is 1.31. The van der Waals surface area contributed by atoms with E-state index in [4.69, 9.17) is 4.42 Å². The number of aromatic nitrogens is 1. The van der Waals surface area contributed by atoms with Crippen LogP contribution in [0.3, 0.4) is 0 Å². The van der Waals surface area contributed by atoms with Crippen molar-refractivity contribution in [3.8, 4) is 0 Å². The first-order valence-electron chi connectivity index (χ1n) is 14.3. The molecule has 38 heavy (non-hydrogen) atoms. The molecule has 0 radical (unpaired) electrons. The fraction of sp³-hybridized carbons (Fsp3) is 0.531. The summed E-state index contributed by atoms with van der Waals surface area (Å²) in [7, 11) is 0. The Morgan fingerprint density at radius 2 is 1.92 bits per heavy atom. The summed E-state index contributed by atoms with van der Waals surface area (Å²) in [5.74, 6) is 2.17. The summed E-state index contributed by atoms with van der Waals surface area (Å²) in [5, 5.41) is 12.1. The molecular weight excluding hydrogens is 495 g/mol. The van der Waals surface area contributed by atoms with E-state index < -0.39 is 5.60 Å². The fourth-order valence-electron chi connectivity index (χ4n) is 6.69. The number of halogens is 1. The molecule has 1 N–H and O–H groups in total. The molecule has 6 heteroatoms. The lowest BCUT2D eigenvalue weighted by atomic mass is 9.73. The number of hydrogen-bond donors (Lipinski definition) is 1. The highest BCUT2D eigenvalue weighted by molar-refractivity contribution is 7.99. The highest BCUT2D eigenvalue weighted by atomic mass is 32.2. The van der Waals surface area contributed by atoms with Gasteiger partial charge in [-0.15, -0.1) is 11.8 Å². The number of thioether (sulfide) groups is 1. The van der Waals surface area contributed by atoms with Gasteiger partial charge in [0.25, 0.3) is 0 Å². The number of likely N-dealkylation sites (tertiary alicyclic amines) is 1. The van der Waals surface area contributed by atoms with Gasteiger partial charge in [0.1, 0.15) is 11.6 Å². The van der Waals surface area contributed by atoms with Gasteiger partial charge < -0.3 is 9.52 Å². The van der Waals surface area contributed by atoms with Crippen LogP contribution in [-0.2, 0) is 12.1 Å². The molecule has 2 atom stereocenters. The van der Waals surface area contributed by atoms with Gasteiger partial charge in [-0.25, -0.2) is 9.37 Å². The molecule has 4 nitrogen and oxygen atoms in total. The molecule has 0 bridgehead atoms. The lowest BCUT2D eigenvalue weighted by Gasteiger charge is -2.42. The van der Waals surface area contributed by atoms with Crippen LogP contribution < -0.4 is 0 Å². The van der Waals surface area contributed by atoms with E-state index in [0.717, 1.165) is 80.0 Å². The van der Waals surface area contributed by atoms with Crippen LogP contribution in [0.25, 0.3) is 0 Å². The zero-order valence-electron chi connectivity index (χ0n) is 22.6. The molecule has 1 aromatic heterocycles. The third-order valence-corrected chi connectivity index (χ3v) is 9.87. The van der Waals surface area contributed by atoms with Crippen molar-refractivity contribution in [3.05, 3.63) is 83.8 Å². The Labute approximate surface area is 231 Å². The van der Waals surface area contributed by atoms with Crippen molar-refractivity contribution in [1.82, 2.24) is 9.88 Å². The van der Waals surface area contributed by atoms with Crippen LogP contribution in [0.1, 0.15) is 81.9 Å². The van der Waals surface area contributed by atoms with E-state index in [1.165, 1.54) is 18.9 Å². The minimum Gasteiger partial charge on any atom is -0.441 e. The molecule has 1 aliphatic carbocycles. The summed E-state index contributed by atoms with van der Waals surface area (Å²) >= 11 is 1.77. The van der Waals surface area contributed by atoms with Gasteiger partial charge in [0.15, 0.2) is 5.60 Å². The average Bonchev–Trinajstić information content (AvgIpc) is 3.42. The first kappa shape index (κ1) is 27.4. The highest BCUT2D eigenvalue weighted by Gasteiger charge is 2.45. The van der Waals surface area contributed by atoms with Crippen molar-refractivity contribution in [3.63, 3.8) is 0 Å². The number of piperidine rings is 1. The monoisotopic (exact) mass is 536 g/mol. The molecular formula is C32H41FN2O2S. The van der Waals surface area contributed by atoms with Gasteiger partial charge >= 0.3 is 0 Å². The van der Waals surface area contributed by atoms with Gasteiger partial charge in [-0.3, -0.25) is 4.90 Å². The highest BCUT2D eigenvalue weighted by Crippen LogP contribution is 2.44. The minimum atomic E-state index is -1.20. The van der Waals surface area contributed by atoms with Crippen LogP contribution in [0.15, 0.2) is 70.1 Å². The van der Waals surface area contributed by atoms with Crippen molar-refractivity contribution in [2.75, 3.05) is 18.8 Å². The Morgan fingerprint density at radius 3 is 2.68 bits per heavy atom. The molecule has 3 aromatic rings. The third-order valence-electron chi connectivity index (χ3n) is 8.53. The second-order valence-electron chi connectivity index (χ2n) is 11.4. The zero-order valence-corrected chi connectivity index (χ0v) is 23.4. The van der Waals surface area contributed by atoms with Gasteiger partial charge in [0.05, 0.1) is 12.7 Å². The lowest BCUT2D eigenvalue weighted by molar-refractivity contribution is -0.0247. The number of aliphatic hydroxyl groups is 1. The molecule has 0 spiro atoms. The summed E-state index contributed by atoms with van der Waals surface area (Å²) in [6, 6.07) is 16.9. The Bertz CT molecular complexity index is 1160. The standard InChI is InChI=1S/C32H41FN2O2S/c1-2-17-31(24-38-29-16-9-15-27(33)20-29)18-10-19-35(23-31)22-28-21-34-30(37-28)32(36,25-11-5-3-6-12-25)26-13-7-4-8-14-26/h3,5-6,9,11-12,15-16,20-21,26,36H,2,4,7-8,10,13-14,17-19,22-24H2,1H3. The summed E-state index contributed by atoms with van der Waals surface area (Å²) in [6.45, 7) is 4.97. The molecule has 0 amide bonds. The van der Waals surface area contributed by atoms with Gasteiger partial charge in [-0.05, 0) is 67.8 Å². The second kappa shape index (κ2) is 12.4. The second-order valence-corrected chi connectivity index (χ2v) is 12.5. The Kier molecular flexibility index (Phi) is 8.91. The van der Waals surface area contributed by atoms with Crippen molar-refractivity contribution in [1.29, 1.82) is 0 Å². The van der Waals surface area contributed by atoms with Gasteiger partial charge in [-0.1, -0.05) is 69.0 Å². The molecule has 1 saturated carbocycles. The van der Waals surface area contributed by atoms with E-state index in [2.05, 4.69) is 16.8 Å². The van der Waals surface area contributed by atoms with Gasteiger partial charge in [-0.2, -0.15) is 0 Å². The van der Waals surface area contributed by atoms with E-state index >= 15 is 0 Å². The minimum absolute atomic E-state index is 0.109. The number of nitrogens with zero attached hydrogens (tertiary/aromatic N) is 2. The number of benzene rings is 2. The Hall–Kier alpha value is -2.15. The van der Waals surface area contributed by atoms with Crippen LogP contribution in [0, 0.1) is 17.2 Å². The van der Waals surface area contributed by atoms with E-state index in [9.17, 15) is 9.50 Å². The smallest absolute Gasteiger partial charge is 0.231 e. The van der Waals surface area contributed by atoms with Crippen molar-refractivity contribution >= 4 is 11.8 Å². The summed E-state index contributed by atoms with van der Waals surface area (Å²) in [5.41, 5.74) is -0.135. The number of oxazole rings is 1. The molecule has 2 aromatic carbocycles. The molecule has 204 valence electrons. The van der Waals surface area contributed by atoms with E-state index in [1.807, 2.05) is 42.6 Å². The van der Waals surface area contributed by atoms with Crippen molar-refractivity contribution < 1.29 is 13.9 Å². The molecule has 2 unspecified atom stereocenters. The van der Waals surface area contributed by atoms with E-state index in [1.54, 1.807) is 23.9 Å². The molecule has 5 rings (SSSR count). The lowest BCUT2D eigenvalue weighted by Crippen LogP contribution is -2.44. The molecule has 1 aliphatic heterocycles. The SMILES string of the molecule is CCCC1(CSc2cccc(F)c2)CCCN(Cc2cnc(C(O)(c3ccccc3)C3CCCCC3)o2)C1. The molecule has 2 aliphatic rings. The van der Waals surface area contributed by atoms with E-state index in [-0.39, 0.29) is 17.2 Å². The topological polar surface area (TPSA) is 49.5 Å². The van der Waals surface area contributed by atoms with Crippen LogP contribution in [0.4, 0.5) is 4.39 Å². The van der Waals surface area contributed by atoms with Crippen LogP contribution in [-0.4, -0.2) is 33.8 Å². The summed E-state index contributed by atoms with van der Waals surface area (Å²) in [6.07, 6.45) is 11.9. The third kappa shape index (κ3) is 6.19.